The van der Waals surface area contributed by atoms with E-state index in [2.05, 4.69) is 16.9 Å². The van der Waals surface area contributed by atoms with Crippen LogP contribution in [0.2, 0.25) is 5.02 Å². The molecule has 0 spiro atoms. The molecule has 0 bridgehead atoms. The lowest BCUT2D eigenvalue weighted by atomic mass is 9.98. The Labute approximate surface area is 275 Å². The predicted octanol–water partition coefficient (Wildman–Crippen LogP) is 6.37. The fourth-order valence-corrected chi connectivity index (χ4v) is 7.21. The maximum atomic E-state index is 16.6. The molecule has 238 valence electrons. The van der Waals surface area contributed by atoms with Crippen LogP contribution in [0.3, 0.4) is 0 Å². The molecular formula is C36H32ClFN6O3. The van der Waals surface area contributed by atoms with E-state index in [4.69, 9.17) is 16.6 Å². The van der Waals surface area contributed by atoms with Crippen molar-refractivity contribution in [3.8, 4) is 16.9 Å². The van der Waals surface area contributed by atoms with Gasteiger partial charge in [0.2, 0.25) is 11.8 Å². The molecule has 1 fully saturated rings. The Morgan fingerprint density at radius 3 is 2.60 bits per heavy atom. The van der Waals surface area contributed by atoms with Crippen LogP contribution in [-0.2, 0) is 9.59 Å². The number of hydrogen-bond acceptors (Lipinski definition) is 6. The Balaban J connectivity index is 1.59. The third-order valence-corrected chi connectivity index (χ3v) is 9.46. The van der Waals surface area contributed by atoms with Crippen LogP contribution in [-0.4, -0.2) is 56.4 Å². The highest BCUT2D eigenvalue weighted by Crippen LogP contribution is 2.42. The van der Waals surface area contributed by atoms with Crippen LogP contribution in [0.15, 0.2) is 72.2 Å². The maximum absolute atomic E-state index is 16.6. The van der Waals surface area contributed by atoms with E-state index in [0.717, 1.165) is 10.9 Å². The Morgan fingerprint density at radius 1 is 1.13 bits per heavy atom. The molecule has 11 heteroatoms. The highest BCUT2D eigenvalue weighted by molar-refractivity contribution is 6.36. The second kappa shape index (κ2) is 11.3. The number of anilines is 2. The van der Waals surface area contributed by atoms with E-state index < -0.39 is 23.3 Å². The SMILES string of the molecule is C=CC(=O)N1CC2C(=O)Nc3c(c4cc(F)c(-c5cccc6cccc(Cl)c56)nc4n(-c4c(C)ccnc4C(C)C)c3=O)N2CC1C. The summed E-state index contributed by atoms with van der Waals surface area (Å²) in [5.41, 5.74) is 2.52. The third kappa shape index (κ3) is 4.69. The van der Waals surface area contributed by atoms with Gasteiger partial charge in [-0.25, -0.2) is 9.37 Å². The van der Waals surface area contributed by atoms with Gasteiger partial charge in [0.15, 0.2) is 5.65 Å². The van der Waals surface area contributed by atoms with E-state index in [-0.39, 0.29) is 48.0 Å². The van der Waals surface area contributed by atoms with Gasteiger partial charge in [-0.1, -0.05) is 62.4 Å². The van der Waals surface area contributed by atoms with Crippen molar-refractivity contribution in [1.82, 2.24) is 19.4 Å². The molecule has 2 aliphatic rings. The molecule has 5 aromatic rings. The lowest BCUT2D eigenvalue weighted by Crippen LogP contribution is -2.64. The minimum atomic E-state index is -0.813. The van der Waals surface area contributed by atoms with Crippen molar-refractivity contribution >= 4 is 56.6 Å². The Morgan fingerprint density at radius 2 is 1.87 bits per heavy atom. The van der Waals surface area contributed by atoms with Gasteiger partial charge in [0.25, 0.3) is 5.56 Å². The van der Waals surface area contributed by atoms with Crippen LogP contribution in [0.4, 0.5) is 15.8 Å². The number of benzene rings is 2. The van der Waals surface area contributed by atoms with E-state index >= 15 is 4.39 Å². The molecule has 5 heterocycles. The van der Waals surface area contributed by atoms with Crippen molar-refractivity contribution in [2.24, 2.45) is 0 Å². The fourth-order valence-electron chi connectivity index (χ4n) is 6.93. The van der Waals surface area contributed by atoms with Gasteiger partial charge >= 0.3 is 0 Å². The largest absolute Gasteiger partial charge is 0.354 e. The number of halogens is 2. The molecule has 0 aliphatic carbocycles. The lowest BCUT2D eigenvalue weighted by molar-refractivity contribution is -0.130. The number of fused-ring (bicyclic) bond motifs is 6. The van der Waals surface area contributed by atoms with Gasteiger partial charge in [0.05, 0.1) is 23.6 Å². The zero-order valence-corrected chi connectivity index (χ0v) is 27.1. The van der Waals surface area contributed by atoms with Crippen molar-refractivity contribution < 1.29 is 14.0 Å². The summed E-state index contributed by atoms with van der Waals surface area (Å²) in [6.07, 6.45) is 2.91. The number of rotatable bonds is 4. The fraction of sp³-hybridized carbons (Fsp3) is 0.250. The van der Waals surface area contributed by atoms with Crippen LogP contribution in [0.5, 0.6) is 0 Å². The molecule has 2 aliphatic heterocycles. The first-order valence-electron chi connectivity index (χ1n) is 15.4. The Hall–Kier alpha value is -5.09. The van der Waals surface area contributed by atoms with Crippen LogP contribution in [0, 0.1) is 12.7 Å². The molecule has 0 saturated carbocycles. The summed E-state index contributed by atoms with van der Waals surface area (Å²) in [4.78, 5) is 54.0. The quantitative estimate of drug-likeness (QED) is 0.227. The third-order valence-electron chi connectivity index (χ3n) is 9.14. The van der Waals surface area contributed by atoms with Crippen LogP contribution >= 0.6 is 11.6 Å². The van der Waals surface area contributed by atoms with Gasteiger partial charge in [0.1, 0.15) is 23.2 Å². The Bertz CT molecular complexity index is 2230. The molecule has 7 rings (SSSR count). The number of nitrogens with zero attached hydrogens (tertiary/aromatic N) is 5. The average Bonchev–Trinajstić information content (AvgIpc) is 3.04. The van der Waals surface area contributed by atoms with Crippen molar-refractivity contribution in [2.45, 2.75) is 45.7 Å². The molecule has 2 unspecified atom stereocenters. The van der Waals surface area contributed by atoms with E-state index in [9.17, 15) is 14.4 Å². The number of carbonyl (C=O) groups is 2. The van der Waals surface area contributed by atoms with E-state index in [1.807, 2.05) is 52.0 Å². The first kappa shape index (κ1) is 30.6. The molecule has 1 N–H and O–H groups in total. The van der Waals surface area contributed by atoms with Crippen LogP contribution in [0.25, 0.3) is 38.8 Å². The molecule has 1 saturated heterocycles. The highest BCUT2D eigenvalue weighted by Gasteiger charge is 2.44. The zero-order valence-electron chi connectivity index (χ0n) is 26.3. The standard InChI is InChI=1S/C36H32ClFN6O3/c1-6-27(45)42-17-26-35(46)41-31-33(43(26)16-20(42)5)23-15-25(38)30(22-11-7-9-21-10-8-12-24(37)28(21)22)40-34(23)44(36(31)47)32-19(4)13-14-39-29(32)18(2)3/h6-15,18,20,26H,1,16-17H2,2-5H3,(H,41,46). The smallest absolute Gasteiger partial charge is 0.282 e. The van der Waals surface area contributed by atoms with E-state index in [1.54, 1.807) is 34.2 Å². The van der Waals surface area contributed by atoms with E-state index in [1.165, 1.54) is 16.7 Å². The van der Waals surface area contributed by atoms with Crippen molar-refractivity contribution in [3.05, 3.63) is 99.8 Å². The minimum Gasteiger partial charge on any atom is -0.354 e. The van der Waals surface area contributed by atoms with E-state index in [0.29, 0.717) is 38.4 Å². The number of carbonyl (C=O) groups excluding carboxylic acids is 2. The number of pyridine rings is 3. The summed E-state index contributed by atoms with van der Waals surface area (Å²) in [5.74, 6) is -1.42. The molecule has 47 heavy (non-hydrogen) atoms. The van der Waals surface area contributed by atoms with Gasteiger partial charge in [-0.05, 0) is 55.0 Å². The number of hydrogen-bond donors (Lipinski definition) is 1. The molecule has 2 atom stereocenters. The summed E-state index contributed by atoms with van der Waals surface area (Å²) < 4.78 is 18.0. The summed E-state index contributed by atoms with van der Waals surface area (Å²) in [6, 6.07) is 13.0. The summed E-state index contributed by atoms with van der Waals surface area (Å²) >= 11 is 6.66. The van der Waals surface area contributed by atoms with Crippen LogP contribution in [0.1, 0.15) is 37.9 Å². The van der Waals surface area contributed by atoms with Crippen molar-refractivity contribution in [1.29, 1.82) is 0 Å². The molecule has 3 aromatic heterocycles. The average molecular weight is 651 g/mol. The maximum Gasteiger partial charge on any atom is 0.282 e. The lowest BCUT2D eigenvalue weighted by Gasteiger charge is -2.48. The first-order valence-corrected chi connectivity index (χ1v) is 15.8. The summed E-state index contributed by atoms with van der Waals surface area (Å²) in [6.45, 7) is 11.6. The summed E-state index contributed by atoms with van der Waals surface area (Å²) in [7, 11) is 0. The van der Waals surface area contributed by atoms with Crippen LogP contribution < -0.4 is 15.8 Å². The molecule has 2 aromatic carbocycles. The molecule has 2 amide bonds. The number of aromatic nitrogens is 3. The number of nitrogens with one attached hydrogen (secondary N) is 1. The predicted molar refractivity (Wildman–Crippen MR) is 183 cm³/mol. The molecular weight excluding hydrogens is 619 g/mol. The van der Waals surface area contributed by atoms with Gasteiger partial charge in [0, 0.05) is 40.1 Å². The normalized spacial score (nSPS) is 17.6. The van der Waals surface area contributed by atoms with Gasteiger partial charge < -0.3 is 15.1 Å². The minimum absolute atomic E-state index is 0.0227. The van der Waals surface area contributed by atoms with Gasteiger partial charge in [-0.15, -0.1) is 0 Å². The van der Waals surface area contributed by atoms with Gasteiger partial charge in [-0.3, -0.25) is 23.9 Å². The zero-order chi connectivity index (χ0) is 33.3. The number of piperazine rings is 1. The van der Waals surface area contributed by atoms with Crippen molar-refractivity contribution in [3.63, 3.8) is 0 Å². The van der Waals surface area contributed by atoms with Crippen molar-refractivity contribution in [2.75, 3.05) is 23.3 Å². The topological polar surface area (TPSA) is 100 Å². The number of aryl methyl sites for hydroxylation is 1. The summed E-state index contributed by atoms with van der Waals surface area (Å²) in [5, 5.41) is 5.06. The van der Waals surface area contributed by atoms with Gasteiger partial charge in [-0.2, -0.15) is 0 Å². The Kier molecular flexibility index (Phi) is 7.35. The molecule has 9 nitrogen and oxygen atoms in total. The second-order valence-electron chi connectivity index (χ2n) is 12.4. The highest BCUT2D eigenvalue weighted by atomic mass is 35.5. The first-order chi connectivity index (χ1) is 22.5. The molecule has 0 radical (unpaired) electrons. The number of amides is 2. The second-order valence-corrected chi connectivity index (χ2v) is 12.8. The monoisotopic (exact) mass is 650 g/mol.